The second kappa shape index (κ2) is 3.72. The number of hydrogen-bond acceptors (Lipinski definition) is 2. The maximum absolute atomic E-state index is 12.5. The number of hydrogen-bond donors (Lipinski definition) is 1. The van der Waals surface area contributed by atoms with E-state index in [9.17, 15) is 8.78 Å². The molecule has 1 atom stereocenters. The van der Waals surface area contributed by atoms with Gasteiger partial charge in [0.2, 0.25) is 0 Å². The number of piperidine rings is 1. The highest BCUT2D eigenvalue weighted by atomic mass is 19.3. The van der Waals surface area contributed by atoms with E-state index in [0.29, 0.717) is 19.5 Å². The van der Waals surface area contributed by atoms with Crippen LogP contribution >= 0.6 is 0 Å². The number of aliphatic hydroxyl groups is 1. The number of halogens is 2. The SMILES string of the molecule is CN1CCC(=C(F)F)C(C)(CO)C1. The summed E-state index contributed by atoms with van der Waals surface area (Å²) in [4.78, 5) is 1.96. The third-order valence-corrected chi connectivity index (χ3v) is 2.67. The molecule has 0 aromatic rings. The lowest BCUT2D eigenvalue weighted by molar-refractivity contribution is 0.0969. The third-order valence-electron chi connectivity index (χ3n) is 2.67. The molecule has 13 heavy (non-hydrogen) atoms. The van der Waals surface area contributed by atoms with Crippen LogP contribution in [0.5, 0.6) is 0 Å². The largest absolute Gasteiger partial charge is 0.395 e. The van der Waals surface area contributed by atoms with Crippen LogP contribution in [0.1, 0.15) is 13.3 Å². The van der Waals surface area contributed by atoms with E-state index >= 15 is 0 Å². The summed E-state index contributed by atoms with van der Waals surface area (Å²) in [7, 11) is 1.88. The molecule has 1 rings (SSSR count). The summed E-state index contributed by atoms with van der Waals surface area (Å²) in [6, 6.07) is 0. The van der Waals surface area contributed by atoms with Crippen molar-refractivity contribution in [2.24, 2.45) is 5.41 Å². The minimum Gasteiger partial charge on any atom is -0.395 e. The molecular formula is C9H15F2NO. The van der Waals surface area contributed by atoms with Gasteiger partial charge in [0.15, 0.2) is 0 Å². The average molecular weight is 191 g/mol. The topological polar surface area (TPSA) is 23.5 Å². The van der Waals surface area contributed by atoms with Crippen molar-refractivity contribution < 1.29 is 13.9 Å². The number of rotatable bonds is 1. The zero-order chi connectivity index (χ0) is 10.1. The van der Waals surface area contributed by atoms with E-state index in [0.717, 1.165) is 0 Å². The molecule has 0 aromatic carbocycles. The normalized spacial score (nSPS) is 30.7. The Morgan fingerprint density at radius 1 is 1.62 bits per heavy atom. The smallest absolute Gasteiger partial charge is 0.270 e. The molecule has 1 N–H and O–H groups in total. The van der Waals surface area contributed by atoms with Crippen LogP contribution < -0.4 is 0 Å². The molecule has 1 aliphatic rings. The van der Waals surface area contributed by atoms with Crippen molar-refractivity contribution in [1.29, 1.82) is 0 Å². The maximum Gasteiger partial charge on any atom is 0.270 e. The van der Waals surface area contributed by atoms with Gasteiger partial charge < -0.3 is 10.0 Å². The number of likely N-dealkylation sites (tertiary alicyclic amines) is 1. The Balaban J connectivity index is 2.92. The van der Waals surface area contributed by atoms with Crippen molar-refractivity contribution in [3.63, 3.8) is 0 Å². The summed E-state index contributed by atoms with van der Waals surface area (Å²) in [5, 5.41) is 9.09. The quantitative estimate of drug-likeness (QED) is 0.678. The molecule has 0 aromatic heterocycles. The van der Waals surface area contributed by atoms with Gasteiger partial charge in [-0.25, -0.2) is 0 Å². The fraction of sp³-hybridized carbons (Fsp3) is 0.778. The molecule has 0 amide bonds. The first-order valence-electron chi connectivity index (χ1n) is 4.33. The van der Waals surface area contributed by atoms with Crippen LogP contribution in [-0.2, 0) is 0 Å². The van der Waals surface area contributed by atoms with E-state index in [4.69, 9.17) is 5.11 Å². The van der Waals surface area contributed by atoms with Crippen LogP contribution in [0.15, 0.2) is 11.7 Å². The first-order chi connectivity index (χ1) is 5.99. The summed E-state index contributed by atoms with van der Waals surface area (Å²) in [5.74, 6) is 0. The van der Waals surface area contributed by atoms with Gasteiger partial charge in [0.05, 0.1) is 6.61 Å². The van der Waals surface area contributed by atoms with E-state index in [1.165, 1.54) is 0 Å². The van der Waals surface area contributed by atoms with Crippen LogP contribution in [-0.4, -0.2) is 36.8 Å². The lowest BCUT2D eigenvalue weighted by Crippen LogP contribution is -2.43. The van der Waals surface area contributed by atoms with Crippen LogP contribution in [0.25, 0.3) is 0 Å². The van der Waals surface area contributed by atoms with Crippen LogP contribution in [0, 0.1) is 5.41 Å². The monoisotopic (exact) mass is 191 g/mol. The molecule has 2 nitrogen and oxygen atoms in total. The summed E-state index contributed by atoms with van der Waals surface area (Å²) in [6.07, 6.45) is -1.26. The molecule has 0 spiro atoms. The Kier molecular flexibility index (Phi) is 3.03. The van der Waals surface area contributed by atoms with Crippen LogP contribution in [0.4, 0.5) is 8.78 Å². The molecule has 0 bridgehead atoms. The minimum atomic E-state index is -1.62. The summed E-state index contributed by atoms with van der Waals surface area (Å²) < 4.78 is 25.0. The molecular weight excluding hydrogens is 176 g/mol. The Morgan fingerprint density at radius 3 is 2.69 bits per heavy atom. The Morgan fingerprint density at radius 2 is 2.23 bits per heavy atom. The van der Waals surface area contributed by atoms with Crippen LogP contribution in [0.3, 0.4) is 0 Å². The first kappa shape index (κ1) is 10.6. The molecule has 1 aliphatic heterocycles. The first-order valence-corrected chi connectivity index (χ1v) is 4.33. The van der Waals surface area contributed by atoms with Gasteiger partial charge in [0.25, 0.3) is 6.08 Å². The molecule has 1 fully saturated rings. The van der Waals surface area contributed by atoms with E-state index in [1.54, 1.807) is 6.92 Å². The molecule has 1 unspecified atom stereocenters. The molecule has 0 aliphatic carbocycles. The third kappa shape index (κ3) is 2.06. The Labute approximate surface area is 76.8 Å². The lowest BCUT2D eigenvalue weighted by atomic mass is 9.78. The maximum atomic E-state index is 12.5. The molecule has 0 saturated carbocycles. The van der Waals surface area contributed by atoms with Gasteiger partial charge in [-0.05, 0) is 13.5 Å². The number of aliphatic hydroxyl groups excluding tert-OH is 1. The fourth-order valence-electron chi connectivity index (χ4n) is 1.84. The van der Waals surface area contributed by atoms with Gasteiger partial charge in [-0.15, -0.1) is 0 Å². The minimum absolute atomic E-state index is 0.119. The van der Waals surface area contributed by atoms with Crippen molar-refractivity contribution in [3.05, 3.63) is 11.7 Å². The predicted molar refractivity (Wildman–Crippen MR) is 46.5 cm³/mol. The van der Waals surface area contributed by atoms with Gasteiger partial charge in [-0.2, -0.15) is 8.78 Å². The fourth-order valence-corrected chi connectivity index (χ4v) is 1.84. The zero-order valence-corrected chi connectivity index (χ0v) is 7.98. The van der Waals surface area contributed by atoms with Gasteiger partial charge in [0, 0.05) is 24.1 Å². The molecule has 0 radical (unpaired) electrons. The van der Waals surface area contributed by atoms with Gasteiger partial charge in [0.1, 0.15) is 0 Å². The average Bonchev–Trinajstić information content (AvgIpc) is 2.03. The summed E-state index contributed by atoms with van der Waals surface area (Å²) in [6.45, 7) is 2.60. The van der Waals surface area contributed by atoms with Crippen LogP contribution in [0.2, 0.25) is 0 Å². The highest BCUT2D eigenvalue weighted by molar-refractivity contribution is 5.17. The van der Waals surface area contributed by atoms with Crippen molar-refractivity contribution >= 4 is 0 Å². The summed E-state index contributed by atoms with van der Waals surface area (Å²) in [5.41, 5.74) is -0.639. The van der Waals surface area contributed by atoms with Gasteiger partial charge >= 0.3 is 0 Å². The standard InChI is InChI=1S/C9H15F2NO/c1-9(6-13)5-12(2)4-3-7(9)8(10)11/h13H,3-6H2,1-2H3. The Bertz CT molecular complexity index is 226. The molecule has 1 heterocycles. The highest BCUT2D eigenvalue weighted by Crippen LogP contribution is 2.36. The molecule has 1 saturated heterocycles. The Hall–Kier alpha value is -0.480. The van der Waals surface area contributed by atoms with Gasteiger partial charge in [-0.1, -0.05) is 6.92 Å². The van der Waals surface area contributed by atoms with Crippen molar-refractivity contribution in [2.75, 3.05) is 26.7 Å². The van der Waals surface area contributed by atoms with Crippen molar-refractivity contribution in [3.8, 4) is 0 Å². The van der Waals surface area contributed by atoms with Crippen molar-refractivity contribution in [1.82, 2.24) is 4.90 Å². The second-order valence-corrected chi connectivity index (χ2v) is 3.95. The van der Waals surface area contributed by atoms with E-state index < -0.39 is 11.5 Å². The van der Waals surface area contributed by atoms with E-state index in [-0.39, 0.29) is 12.2 Å². The molecule has 4 heteroatoms. The van der Waals surface area contributed by atoms with Gasteiger partial charge in [-0.3, -0.25) is 0 Å². The highest BCUT2D eigenvalue weighted by Gasteiger charge is 2.36. The summed E-state index contributed by atoms with van der Waals surface area (Å²) >= 11 is 0. The number of nitrogens with zero attached hydrogens (tertiary/aromatic N) is 1. The van der Waals surface area contributed by atoms with Crippen molar-refractivity contribution in [2.45, 2.75) is 13.3 Å². The molecule has 76 valence electrons. The van der Waals surface area contributed by atoms with E-state index in [1.807, 2.05) is 11.9 Å². The zero-order valence-electron chi connectivity index (χ0n) is 7.98. The lowest BCUT2D eigenvalue weighted by Gasteiger charge is -2.39. The predicted octanol–water partition coefficient (Wildman–Crippen LogP) is 1.47. The second-order valence-electron chi connectivity index (χ2n) is 3.95. The van der Waals surface area contributed by atoms with E-state index in [2.05, 4.69) is 0 Å².